The minimum Gasteiger partial charge on any atom is -0.497 e. The van der Waals surface area contributed by atoms with Gasteiger partial charge in [0.05, 0.1) is 12.8 Å². The molecule has 7 nitrogen and oxygen atoms in total. The first-order valence-corrected chi connectivity index (χ1v) is 10.6. The van der Waals surface area contributed by atoms with E-state index in [1.54, 1.807) is 37.6 Å². The number of anilines is 1. The molecule has 0 unspecified atom stereocenters. The molecule has 0 saturated carbocycles. The summed E-state index contributed by atoms with van der Waals surface area (Å²) in [5.74, 6) is 1.04. The maximum atomic E-state index is 12.5. The predicted molar refractivity (Wildman–Crippen MR) is 126 cm³/mol. The number of carbonyl (C=O) groups is 1. The maximum absolute atomic E-state index is 12.5. The highest BCUT2D eigenvalue weighted by Gasteiger charge is 2.14. The van der Waals surface area contributed by atoms with E-state index in [0.29, 0.717) is 34.9 Å². The van der Waals surface area contributed by atoms with Crippen LogP contribution < -0.4 is 20.4 Å². The van der Waals surface area contributed by atoms with E-state index in [1.165, 1.54) is 0 Å². The van der Waals surface area contributed by atoms with E-state index < -0.39 is 5.63 Å². The number of hydrogen-bond acceptors (Lipinski definition) is 6. The Morgan fingerprint density at radius 3 is 2.73 bits per heavy atom. The Kier molecular flexibility index (Phi) is 6.69. The number of benzene rings is 2. The molecule has 0 fully saturated rings. The maximum Gasteiger partial charge on any atom is 0.339 e. The van der Waals surface area contributed by atoms with Crippen LogP contribution in [0.5, 0.6) is 11.5 Å². The molecule has 0 radical (unpaired) electrons. The second-order valence-corrected chi connectivity index (χ2v) is 7.54. The van der Waals surface area contributed by atoms with Crippen molar-refractivity contribution in [3.05, 3.63) is 94.1 Å². The number of nitrogens with one attached hydrogen (secondary N) is 1. The molecule has 0 spiro atoms. The lowest BCUT2D eigenvalue weighted by molar-refractivity contribution is -0.116. The zero-order valence-electron chi connectivity index (χ0n) is 18.5. The van der Waals surface area contributed by atoms with E-state index in [1.807, 2.05) is 43.3 Å². The third-order valence-electron chi connectivity index (χ3n) is 5.33. The summed E-state index contributed by atoms with van der Waals surface area (Å²) in [5, 5.41) is 3.68. The van der Waals surface area contributed by atoms with Crippen molar-refractivity contribution in [2.75, 3.05) is 12.4 Å². The molecular weight excluding hydrogens is 420 g/mol. The molecule has 1 amide bonds. The Morgan fingerprint density at radius 1 is 1.06 bits per heavy atom. The van der Waals surface area contributed by atoms with Gasteiger partial charge in [-0.1, -0.05) is 12.1 Å². The van der Waals surface area contributed by atoms with E-state index >= 15 is 0 Å². The molecule has 0 atom stereocenters. The number of rotatable bonds is 8. The zero-order chi connectivity index (χ0) is 23.2. The number of pyridine rings is 1. The Hall–Kier alpha value is -4.13. The van der Waals surface area contributed by atoms with Gasteiger partial charge in [0.25, 0.3) is 0 Å². The van der Waals surface area contributed by atoms with Crippen molar-refractivity contribution < 1.29 is 18.7 Å². The predicted octanol–water partition coefficient (Wildman–Crippen LogP) is 4.66. The quantitative estimate of drug-likeness (QED) is 0.398. The number of nitrogens with zero attached hydrogens (tertiary/aromatic N) is 1. The molecule has 2 heterocycles. The SMILES string of the molecule is COc1ccc2c(C)c(CCC(=O)Nc3cccc(OCc4ccccn4)c3)c(=O)oc2c1. The van der Waals surface area contributed by atoms with Crippen LogP contribution in [0.4, 0.5) is 5.69 Å². The first-order valence-electron chi connectivity index (χ1n) is 10.6. The average molecular weight is 444 g/mol. The standard InChI is InChI=1S/C26H24N2O5/c1-17-22-10-9-20(31-2)15-24(22)33-26(30)23(17)11-12-25(29)28-18-7-5-8-21(14-18)32-16-19-6-3-4-13-27-19/h3-10,13-15H,11-12,16H2,1-2H3,(H,28,29). The molecule has 1 N–H and O–H groups in total. The molecule has 4 rings (SSSR count). The number of aromatic nitrogens is 1. The largest absolute Gasteiger partial charge is 0.497 e. The Balaban J connectivity index is 1.39. The van der Waals surface area contributed by atoms with Crippen molar-refractivity contribution in [3.8, 4) is 11.5 Å². The van der Waals surface area contributed by atoms with Crippen LogP contribution in [-0.4, -0.2) is 18.0 Å². The topological polar surface area (TPSA) is 90.7 Å². The van der Waals surface area contributed by atoms with Gasteiger partial charge < -0.3 is 19.2 Å². The Bertz CT molecular complexity index is 1330. The fourth-order valence-corrected chi connectivity index (χ4v) is 3.56. The van der Waals surface area contributed by atoms with Crippen LogP contribution in [0.25, 0.3) is 11.0 Å². The van der Waals surface area contributed by atoms with Crippen LogP contribution in [0.3, 0.4) is 0 Å². The normalized spacial score (nSPS) is 10.7. The van der Waals surface area contributed by atoms with Crippen molar-refractivity contribution in [3.63, 3.8) is 0 Å². The number of methoxy groups -OCH3 is 1. The molecule has 0 aliphatic rings. The van der Waals surface area contributed by atoms with Crippen molar-refractivity contribution in [2.45, 2.75) is 26.4 Å². The van der Waals surface area contributed by atoms with Gasteiger partial charge in [0, 0.05) is 41.4 Å². The summed E-state index contributed by atoms with van der Waals surface area (Å²) in [5.41, 5.74) is 2.76. The second kappa shape index (κ2) is 9.99. The van der Waals surface area contributed by atoms with Gasteiger partial charge >= 0.3 is 5.63 Å². The van der Waals surface area contributed by atoms with Gasteiger partial charge in [-0.3, -0.25) is 9.78 Å². The molecule has 0 aliphatic carbocycles. The summed E-state index contributed by atoms with van der Waals surface area (Å²) in [6, 6.07) is 18.1. The van der Waals surface area contributed by atoms with E-state index in [0.717, 1.165) is 16.6 Å². The Labute approximate surface area is 191 Å². The van der Waals surface area contributed by atoms with E-state index in [2.05, 4.69) is 10.3 Å². The van der Waals surface area contributed by atoms with Crippen molar-refractivity contribution >= 4 is 22.6 Å². The minimum absolute atomic E-state index is 0.145. The summed E-state index contributed by atoms with van der Waals surface area (Å²) in [4.78, 5) is 29.3. The Morgan fingerprint density at radius 2 is 1.94 bits per heavy atom. The number of amides is 1. The van der Waals surface area contributed by atoms with Gasteiger partial charge in [-0.25, -0.2) is 4.79 Å². The summed E-state index contributed by atoms with van der Waals surface area (Å²) >= 11 is 0. The van der Waals surface area contributed by atoms with Gasteiger partial charge in [-0.05, 0) is 55.3 Å². The van der Waals surface area contributed by atoms with E-state index in [9.17, 15) is 9.59 Å². The third kappa shape index (κ3) is 5.38. The highest BCUT2D eigenvalue weighted by atomic mass is 16.5. The fourth-order valence-electron chi connectivity index (χ4n) is 3.56. The average Bonchev–Trinajstić information content (AvgIpc) is 2.83. The van der Waals surface area contributed by atoms with Crippen LogP contribution >= 0.6 is 0 Å². The van der Waals surface area contributed by atoms with Crippen molar-refractivity contribution in [1.82, 2.24) is 4.98 Å². The lowest BCUT2D eigenvalue weighted by Gasteiger charge is -2.10. The van der Waals surface area contributed by atoms with Gasteiger partial charge in [-0.15, -0.1) is 0 Å². The van der Waals surface area contributed by atoms with Crippen molar-refractivity contribution in [1.29, 1.82) is 0 Å². The monoisotopic (exact) mass is 444 g/mol. The van der Waals surface area contributed by atoms with Gasteiger partial charge in [0.2, 0.25) is 5.91 Å². The molecular formula is C26H24N2O5. The number of hydrogen-bond donors (Lipinski definition) is 1. The summed E-state index contributed by atoms with van der Waals surface area (Å²) in [6.07, 6.45) is 2.13. The number of fused-ring (bicyclic) bond motifs is 1. The molecule has 0 saturated heterocycles. The summed E-state index contributed by atoms with van der Waals surface area (Å²) in [7, 11) is 1.56. The number of ether oxygens (including phenoxy) is 2. The number of carbonyl (C=O) groups excluding carboxylic acids is 1. The molecule has 0 bridgehead atoms. The molecule has 4 aromatic rings. The van der Waals surface area contributed by atoms with Gasteiger partial charge in [-0.2, -0.15) is 0 Å². The molecule has 7 heteroatoms. The van der Waals surface area contributed by atoms with E-state index in [-0.39, 0.29) is 18.7 Å². The summed E-state index contributed by atoms with van der Waals surface area (Å²) < 4.78 is 16.4. The minimum atomic E-state index is -0.439. The van der Waals surface area contributed by atoms with Crippen LogP contribution in [0.2, 0.25) is 0 Å². The van der Waals surface area contributed by atoms with Crippen LogP contribution in [0.15, 0.2) is 76.1 Å². The highest BCUT2D eigenvalue weighted by molar-refractivity contribution is 5.91. The van der Waals surface area contributed by atoms with Crippen LogP contribution in [0, 0.1) is 6.92 Å². The van der Waals surface area contributed by atoms with Crippen LogP contribution in [-0.2, 0) is 17.8 Å². The summed E-state index contributed by atoms with van der Waals surface area (Å²) in [6.45, 7) is 2.20. The highest BCUT2D eigenvalue weighted by Crippen LogP contribution is 2.25. The molecule has 2 aromatic carbocycles. The lowest BCUT2D eigenvalue weighted by Crippen LogP contribution is -2.16. The smallest absolute Gasteiger partial charge is 0.339 e. The molecule has 33 heavy (non-hydrogen) atoms. The van der Waals surface area contributed by atoms with Crippen molar-refractivity contribution in [2.24, 2.45) is 0 Å². The lowest BCUT2D eigenvalue weighted by atomic mass is 10.0. The second-order valence-electron chi connectivity index (χ2n) is 7.54. The molecule has 2 aromatic heterocycles. The molecule has 0 aliphatic heterocycles. The molecule has 168 valence electrons. The van der Waals surface area contributed by atoms with Crippen LogP contribution in [0.1, 0.15) is 23.2 Å². The van der Waals surface area contributed by atoms with Gasteiger partial charge in [0.1, 0.15) is 23.7 Å². The zero-order valence-corrected chi connectivity index (χ0v) is 18.5. The van der Waals surface area contributed by atoms with E-state index in [4.69, 9.17) is 13.9 Å². The third-order valence-corrected chi connectivity index (χ3v) is 5.33. The first-order chi connectivity index (χ1) is 16.0. The number of aryl methyl sites for hydroxylation is 1. The van der Waals surface area contributed by atoms with Gasteiger partial charge in [0.15, 0.2) is 0 Å². The first kappa shape index (κ1) is 22.1. The fraction of sp³-hybridized carbons (Fsp3) is 0.192.